The van der Waals surface area contributed by atoms with Crippen LogP contribution in [0.25, 0.3) is 0 Å². The molecule has 0 saturated heterocycles. The van der Waals surface area contributed by atoms with Gasteiger partial charge in [-0.3, -0.25) is 0 Å². The first-order chi connectivity index (χ1) is 5.34. The van der Waals surface area contributed by atoms with Crippen molar-refractivity contribution in [3.63, 3.8) is 0 Å². The smallest absolute Gasteiger partial charge is 0.0143 e. The molecule has 0 aromatic rings. The van der Waals surface area contributed by atoms with Crippen LogP contribution >= 0.6 is 0 Å². The number of hydrogen-bond acceptors (Lipinski definition) is 0. The third-order valence-electron chi connectivity index (χ3n) is 1.54. The van der Waals surface area contributed by atoms with Crippen molar-refractivity contribution < 1.29 is 0 Å². The predicted molar refractivity (Wildman–Crippen MR) is 45.2 cm³/mol. The highest BCUT2D eigenvalue weighted by molar-refractivity contribution is 5.28. The second kappa shape index (κ2) is 3.72. The minimum Gasteiger partial charge on any atom is -0.0650 e. The predicted octanol–water partition coefficient (Wildman–Crippen LogP) is 2.89. The van der Waals surface area contributed by atoms with Crippen LogP contribution in [0.3, 0.4) is 0 Å². The Labute approximate surface area is 67.2 Å². The SMILES string of the molecule is CCCC1=C=C=C=C=C=C1C. The van der Waals surface area contributed by atoms with Gasteiger partial charge in [0.2, 0.25) is 0 Å². The zero-order valence-electron chi connectivity index (χ0n) is 6.91. The first kappa shape index (κ1) is 7.74. The monoisotopic (exact) mass is 142 g/mol. The van der Waals surface area contributed by atoms with E-state index in [0.717, 1.165) is 18.4 Å². The zero-order valence-corrected chi connectivity index (χ0v) is 6.91. The Balaban J connectivity index is 3.10. The van der Waals surface area contributed by atoms with Gasteiger partial charge < -0.3 is 0 Å². The van der Waals surface area contributed by atoms with Crippen molar-refractivity contribution in [1.29, 1.82) is 0 Å². The average molecular weight is 142 g/mol. The molecule has 0 unspecified atom stereocenters. The van der Waals surface area contributed by atoms with Gasteiger partial charge in [0.05, 0.1) is 0 Å². The molecule has 1 aliphatic rings. The maximum Gasteiger partial charge on any atom is 0.0143 e. The van der Waals surface area contributed by atoms with Crippen molar-refractivity contribution >= 4 is 0 Å². The van der Waals surface area contributed by atoms with Crippen LogP contribution in [0.2, 0.25) is 0 Å². The van der Waals surface area contributed by atoms with E-state index in [1.54, 1.807) is 0 Å². The maximum absolute atomic E-state index is 3.03. The highest BCUT2D eigenvalue weighted by Gasteiger charge is 1.96. The molecule has 0 heterocycles. The number of rotatable bonds is 2. The summed E-state index contributed by atoms with van der Waals surface area (Å²) >= 11 is 0. The van der Waals surface area contributed by atoms with Gasteiger partial charge in [-0.25, -0.2) is 0 Å². The number of allylic oxidation sites excluding steroid dienone is 2. The van der Waals surface area contributed by atoms with Gasteiger partial charge >= 0.3 is 0 Å². The van der Waals surface area contributed by atoms with Crippen LogP contribution in [0, 0.1) is 0 Å². The summed E-state index contributed by atoms with van der Waals surface area (Å²) in [6.45, 7) is 4.16. The molecular formula is C11H10. The van der Waals surface area contributed by atoms with E-state index in [4.69, 9.17) is 0 Å². The van der Waals surface area contributed by atoms with Gasteiger partial charge in [-0.2, -0.15) is 0 Å². The van der Waals surface area contributed by atoms with Crippen LogP contribution in [-0.2, 0) is 0 Å². The highest BCUT2D eigenvalue weighted by Crippen LogP contribution is 2.12. The Kier molecular flexibility index (Phi) is 2.62. The van der Waals surface area contributed by atoms with Gasteiger partial charge in [-0.05, 0) is 30.5 Å². The van der Waals surface area contributed by atoms with Gasteiger partial charge in [0, 0.05) is 11.1 Å². The van der Waals surface area contributed by atoms with E-state index in [-0.39, 0.29) is 0 Å². The third kappa shape index (κ3) is 2.05. The lowest BCUT2D eigenvalue weighted by Crippen LogP contribution is -1.80. The molecule has 0 amide bonds. The molecule has 0 spiro atoms. The van der Waals surface area contributed by atoms with Gasteiger partial charge in [-0.1, -0.05) is 24.8 Å². The van der Waals surface area contributed by atoms with E-state index in [1.165, 1.54) is 5.57 Å². The molecule has 0 aromatic heterocycles. The van der Waals surface area contributed by atoms with Crippen LogP contribution in [0.4, 0.5) is 0 Å². The van der Waals surface area contributed by atoms with E-state index in [1.807, 2.05) is 6.92 Å². The Hall–Kier alpha value is -1.36. The molecular weight excluding hydrogens is 132 g/mol. The molecule has 0 radical (unpaired) electrons. The van der Waals surface area contributed by atoms with Crippen molar-refractivity contribution in [3.8, 4) is 0 Å². The first-order valence-electron chi connectivity index (χ1n) is 3.81. The lowest BCUT2D eigenvalue weighted by Gasteiger charge is -1.97. The molecule has 0 aromatic carbocycles. The lowest BCUT2D eigenvalue weighted by atomic mass is 10.1. The molecule has 1 rings (SSSR count). The molecule has 0 nitrogen and oxygen atoms in total. The number of hydrogen-bond donors (Lipinski definition) is 0. The fourth-order valence-electron chi connectivity index (χ4n) is 0.932. The second-order valence-electron chi connectivity index (χ2n) is 2.48. The Bertz CT molecular complexity index is 351. The summed E-state index contributed by atoms with van der Waals surface area (Å²) in [7, 11) is 0. The standard InChI is InChI=1S/C11H10/c1-3-7-11-9-6-4-5-8-10(11)2/h3,7H2,1-2H3. The van der Waals surface area contributed by atoms with Gasteiger partial charge in [-0.15, -0.1) is 0 Å². The molecule has 0 atom stereocenters. The molecule has 54 valence electrons. The molecule has 1 aliphatic carbocycles. The topological polar surface area (TPSA) is 0 Å². The Morgan fingerprint density at radius 2 is 1.82 bits per heavy atom. The normalized spacial score (nSPS) is 12.9. The van der Waals surface area contributed by atoms with Gasteiger partial charge in [0.1, 0.15) is 0 Å². The lowest BCUT2D eigenvalue weighted by molar-refractivity contribution is 0.914. The molecule has 0 fully saturated rings. The average Bonchev–Trinajstić information content (AvgIpc) is 2.18. The van der Waals surface area contributed by atoms with Crippen molar-refractivity contribution in [2.75, 3.05) is 0 Å². The summed E-state index contributed by atoms with van der Waals surface area (Å²) in [4.78, 5) is 0. The summed E-state index contributed by atoms with van der Waals surface area (Å²) < 4.78 is 0. The summed E-state index contributed by atoms with van der Waals surface area (Å²) in [6.07, 6.45) is 2.16. The van der Waals surface area contributed by atoms with E-state index < -0.39 is 0 Å². The summed E-state index contributed by atoms with van der Waals surface area (Å²) in [6, 6.07) is 0. The van der Waals surface area contributed by atoms with E-state index >= 15 is 0 Å². The highest BCUT2D eigenvalue weighted by atomic mass is 14.0. The van der Waals surface area contributed by atoms with Crippen LogP contribution in [0.1, 0.15) is 26.7 Å². The molecule has 11 heavy (non-hydrogen) atoms. The first-order valence-corrected chi connectivity index (χ1v) is 3.81. The molecule has 0 heteroatoms. The Morgan fingerprint density at radius 1 is 1.09 bits per heavy atom. The second-order valence-corrected chi connectivity index (χ2v) is 2.48. The molecule has 0 N–H and O–H groups in total. The zero-order chi connectivity index (χ0) is 8.10. The van der Waals surface area contributed by atoms with Crippen molar-refractivity contribution in [1.82, 2.24) is 0 Å². The summed E-state index contributed by atoms with van der Waals surface area (Å²) in [5.74, 6) is 0. The fourth-order valence-corrected chi connectivity index (χ4v) is 0.932. The molecule has 0 bridgehead atoms. The largest absolute Gasteiger partial charge is 0.0650 e. The third-order valence-corrected chi connectivity index (χ3v) is 1.54. The molecule has 0 aliphatic heterocycles. The van der Waals surface area contributed by atoms with Gasteiger partial charge in [0.15, 0.2) is 0 Å². The van der Waals surface area contributed by atoms with Crippen LogP contribution < -0.4 is 0 Å². The summed E-state index contributed by atoms with van der Waals surface area (Å²) in [5.41, 5.74) is 16.5. The minimum absolute atomic E-state index is 1.04. The Morgan fingerprint density at radius 3 is 2.55 bits per heavy atom. The van der Waals surface area contributed by atoms with Crippen molar-refractivity contribution in [2.24, 2.45) is 0 Å². The van der Waals surface area contributed by atoms with Gasteiger partial charge in [0.25, 0.3) is 0 Å². The van der Waals surface area contributed by atoms with E-state index in [0.29, 0.717) is 0 Å². The summed E-state index contributed by atoms with van der Waals surface area (Å²) in [5, 5.41) is 0. The quantitative estimate of drug-likeness (QED) is 0.520. The molecule has 0 saturated carbocycles. The maximum atomic E-state index is 3.03. The van der Waals surface area contributed by atoms with E-state index in [2.05, 4.69) is 35.6 Å². The van der Waals surface area contributed by atoms with Crippen molar-refractivity contribution in [3.05, 3.63) is 39.8 Å². The van der Waals surface area contributed by atoms with Crippen molar-refractivity contribution in [2.45, 2.75) is 26.7 Å². The minimum atomic E-state index is 1.04. The van der Waals surface area contributed by atoms with E-state index in [9.17, 15) is 0 Å². The van der Waals surface area contributed by atoms with Crippen LogP contribution in [0.5, 0.6) is 0 Å². The fraction of sp³-hybridized carbons (Fsp3) is 0.364. The van der Waals surface area contributed by atoms with Crippen LogP contribution in [-0.4, -0.2) is 0 Å². The van der Waals surface area contributed by atoms with Crippen LogP contribution in [0.15, 0.2) is 39.8 Å².